The van der Waals surface area contributed by atoms with E-state index in [1.165, 1.54) is 7.11 Å². The molecule has 1 atom stereocenters. The highest BCUT2D eigenvalue weighted by Crippen LogP contribution is 2.41. The van der Waals surface area contributed by atoms with Gasteiger partial charge in [-0.1, -0.05) is 12.1 Å². The van der Waals surface area contributed by atoms with E-state index in [0.717, 1.165) is 5.56 Å². The molecule has 112 valence electrons. The van der Waals surface area contributed by atoms with E-state index in [1.807, 2.05) is 12.1 Å². The summed E-state index contributed by atoms with van der Waals surface area (Å²) in [5.74, 6) is -1.01. The Morgan fingerprint density at radius 2 is 1.90 bits per heavy atom. The topological polar surface area (TPSA) is 61.8 Å². The first kappa shape index (κ1) is 14.2. The smallest absolute Gasteiger partial charge is 0.337 e. The standard InChI is InChI=1S/C16H18O5/c1-19-15(18)12-4-2-11(3-5-12)13-10-16(7-6-14(13)17)20-8-9-21-16/h2-5,13H,6-10H2,1H3. The van der Waals surface area contributed by atoms with E-state index in [0.29, 0.717) is 38.0 Å². The summed E-state index contributed by atoms with van der Waals surface area (Å²) in [4.78, 5) is 23.6. The number of esters is 1. The summed E-state index contributed by atoms with van der Waals surface area (Å²) in [6.45, 7) is 1.17. The van der Waals surface area contributed by atoms with Gasteiger partial charge in [0.2, 0.25) is 0 Å². The number of Topliss-reactive ketones (excluding diaryl/α,β-unsaturated/α-hetero) is 1. The van der Waals surface area contributed by atoms with Crippen LogP contribution in [0.15, 0.2) is 24.3 Å². The van der Waals surface area contributed by atoms with Crippen molar-refractivity contribution < 1.29 is 23.8 Å². The molecule has 1 saturated heterocycles. The average molecular weight is 290 g/mol. The zero-order chi connectivity index (χ0) is 14.9. The molecule has 2 fully saturated rings. The van der Waals surface area contributed by atoms with Gasteiger partial charge in [-0.15, -0.1) is 0 Å². The minimum absolute atomic E-state index is 0.200. The van der Waals surface area contributed by atoms with Gasteiger partial charge in [0.05, 0.1) is 25.9 Å². The molecule has 1 aliphatic heterocycles. The van der Waals surface area contributed by atoms with Crippen molar-refractivity contribution in [1.29, 1.82) is 0 Å². The Morgan fingerprint density at radius 3 is 2.52 bits per heavy atom. The normalized spacial score (nSPS) is 24.2. The van der Waals surface area contributed by atoms with Gasteiger partial charge < -0.3 is 14.2 Å². The van der Waals surface area contributed by atoms with Crippen molar-refractivity contribution in [3.8, 4) is 0 Å². The van der Waals surface area contributed by atoms with Crippen LogP contribution >= 0.6 is 0 Å². The SMILES string of the molecule is COC(=O)c1ccc(C2CC3(CCC2=O)OCCO3)cc1. The Labute approximate surface area is 123 Å². The lowest BCUT2D eigenvalue weighted by molar-refractivity contribution is -0.183. The zero-order valence-electron chi connectivity index (χ0n) is 12.0. The van der Waals surface area contributed by atoms with Gasteiger partial charge >= 0.3 is 5.97 Å². The number of benzene rings is 1. The Hall–Kier alpha value is -1.72. The number of carbonyl (C=O) groups is 2. The predicted octanol–water partition coefficient (Wildman–Crippen LogP) is 2.05. The summed E-state index contributed by atoms with van der Waals surface area (Å²) in [7, 11) is 1.35. The number of ketones is 1. The summed E-state index contributed by atoms with van der Waals surface area (Å²) >= 11 is 0. The highest BCUT2D eigenvalue weighted by molar-refractivity contribution is 5.90. The first-order chi connectivity index (χ1) is 10.1. The Kier molecular flexibility index (Phi) is 3.78. The van der Waals surface area contributed by atoms with Crippen molar-refractivity contribution in [3.05, 3.63) is 35.4 Å². The van der Waals surface area contributed by atoms with Crippen molar-refractivity contribution >= 4 is 11.8 Å². The molecule has 5 nitrogen and oxygen atoms in total. The number of ether oxygens (including phenoxy) is 3. The number of methoxy groups -OCH3 is 1. The Bertz CT molecular complexity index is 542. The van der Waals surface area contributed by atoms with E-state index >= 15 is 0 Å². The van der Waals surface area contributed by atoms with Crippen molar-refractivity contribution in [1.82, 2.24) is 0 Å². The number of carbonyl (C=O) groups excluding carboxylic acids is 2. The first-order valence-electron chi connectivity index (χ1n) is 7.12. The molecule has 0 radical (unpaired) electrons. The molecule has 1 aliphatic carbocycles. The van der Waals surface area contributed by atoms with E-state index in [9.17, 15) is 9.59 Å². The van der Waals surface area contributed by atoms with Crippen LogP contribution < -0.4 is 0 Å². The van der Waals surface area contributed by atoms with Crippen LogP contribution in [0.3, 0.4) is 0 Å². The largest absolute Gasteiger partial charge is 0.465 e. The molecule has 1 aromatic rings. The van der Waals surface area contributed by atoms with E-state index < -0.39 is 5.79 Å². The molecule has 1 saturated carbocycles. The minimum atomic E-state index is -0.598. The highest BCUT2D eigenvalue weighted by atomic mass is 16.7. The molecule has 5 heteroatoms. The average Bonchev–Trinajstić information content (AvgIpc) is 2.98. The van der Waals surface area contributed by atoms with E-state index in [1.54, 1.807) is 12.1 Å². The molecule has 0 amide bonds. The van der Waals surface area contributed by atoms with Crippen LogP contribution in [0.4, 0.5) is 0 Å². The van der Waals surface area contributed by atoms with Crippen molar-refractivity contribution in [2.24, 2.45) is 0 Å². The first-order valence-corrected chi connectivity index (χ1v) is 7.12. The Morgan fingerprint density at radius 1 is 1.24 bits per heavy atom. The molecule has 21 heavy (non-hydrogen) atoms. The molecule has 1 spiro atoms. The van der Waals surface area contributed by atoms with Gasteiger partial charge in [0.15, 0.2) is 5.79 Å². The van der Waals surface area contributed by atoms with E-state index in [-0.39, 0.29) is 17.7 Å². The van der Waals surface area contributed by atoms with Gasteiger partial charge in [-0.3, -0.25) is 4.79 Å². The van der Waals surface area contributed by atoms with Crippen LogP contribution in [0.1, 0.15) is 41.1 Å². The van der Waals surface area contributed by atoms with Gasteiger partial charge in [0.1, 0.15) is 5.78 Å². The quantitative estimate of drug-likeness (QED) is 0.780. The maximum Gasteiger partial charge on any atom is 0.337 e. The van der Waals surface area contributed by atoms with Gasteiger partial charge in [-0.2, -0.15) is 0 Å². The van der Waals surface area contributed by atoms with Gasteiger partial charge in [0.25, 0.3) is 0 Å². The molecule has 3 rings (SSSR count). The number of hydrogen-bond acceptors (Lipinski definition) is 5. The number of rotatable bonds is 2. The lowest BCUT2D eigenvalue weighted by atomic mass is 9.79. The van der Waals surface area contributed by atoms with Crippen molar-refractivity contribution in [2.45, 2.75) is 31.0 Å². The van der Waals surface area contributed by atoms with Crippen molar-refractivity contribution in [3.63, 3.8) is 0 Å². The van der Waals surface area contributed by atoms with Gasteiger partial charge in [0, 0.05) is 25.2 Å². The lowest BCUT2D eigenvalue weighted by Crippen LogP contribution is -2.39. The summed E-state index contributed by atoms with van der Waals surface area (Å²) in [5.41, 5.74) is 1.37. The van der Waals surface area contributed by atoms with E-state index in [2.05, 4.69) is 4.74 Å². The fraction of sp³-hybridized carbons (Fsp3) is 0.500. The summed E-state index contributed by atoms with van der Waals surface area (Å²) in [6, 6.07) is 6.99. The van der Waals surface area contributed by atoms with Gasteiger partial charge in [-0.05, 0) is 17.7 Å². The monoisotopic (exact) mass is 290 g/mol. The van der Waals surface area contributed by atoms with Gasteiger partial charge in [-0.25, -0.2) is 4.79 Å². The molecule has 1 heterocycles. The summed E-state index contributed by atoms with van der Waals surface area (Å²) in [5, 5.41) is 0. The molecular weight excluding hydrogens is 272 g/mol. The van der Waals surface area contributed by atoms with Crippen LogP contribution in [-0.4, -0.2) is 37.9 Å². The molecule has 2 aliphatic rings. The minimum Gasteiger partial charge on any atom is -0.465 e. The predicted molar refractivity (Wildman–Crippen MR) is 74.0 cm³/mol. The second-order valence-electron chi connectivity index (χ2n) is 5.44. The van der Waals surface area contributed by atoms with E-state index in [4.69, 9.17) is 9.47 Å². The Balaban J connectivity index is 1.81. The highest BCUT2D eigenvalue weighted by Gasteiger charge is 2.45. The zero-order valence-corrected chi connectivity index (χ0v) is 12.0. The fourth-order valence-electron chi connectivity index (χ4n) is 3.05. The summed E-state index contributed by atoms with van der Waals surface area (Å²) < 4.78 is 16.1. The fourth-order valence-corrected chi connectivity index (χ4v) is 3.05. The van der Waals surface area contributed by atoms with Crippen LogP contribution in [0.25, 0.3) is 0 Å². The maximum absolute atomic E-state index is 12.2. The molecule has 1 aromatic carbocycles. The second kappa shape index (κ2) is 5.58. The molecule has 0 aromatic heterocycles. The van der Waals surface area contributed by atoms with Crippen molar-refractivity contribution in [2.75, 3.05) is 20.3 Å². The van der Waals surface area contributed by atoms with Crippen LogP contribution in [0.2, 0.25) is 0 Å². The third-order valence-electron chi connectivity index (χ3n) is 4.20. The maximum atomic E-state index is 12.2. The summed E-state index contributed by atoms with van der Waals surface area (Å²) in [6.07, 6.45) is 1.63. The lowest BCUT2D eigenvalue weighted by Gasteiger charge is -2.35. The van der Waals surface area contributed by atoms with Crippen LogP contribution in [0, 0.1) is 0 Å². The second-order valence-corrected chi connectivity index (χ2v) is 5.44. The molecule has 1 unspecified atom stereocenters. The molecular formula is C16H18O5. The molecule has 0 bridgehead atoms. The van der Waals surface area contributed by atoms with Crippen LogP contribution in [-0.2, 0) is 19.0 Å². The third-order valence-corrected chi connectivity index (χ3v) is 4.20. The number of hydrogen-bond donors (Lipinski definition) is 0. The van der Waals surface area contributed by atoms with Crippen LogP contribution in [0.5, 0.6) is 0 Å². The molecule has 0 N–H and O–H groups in total. The third kappa shape index (κ3) is 2.71.